The van der Waals surface area contributed by atoms with Crippen LogP contribution in [0.2, 0.25) is 0 Å². The molecule has 4 rings (SSSR count). The van der Waals surface area contributed by atoms with Gasteiger partial charge in [0.2, 0.25) is 5.91 Å². The van der Waals surface area contributed by atoms with E-state index in [0.717, 1.165) is 16.1 Å². The van der Waals surface area contributed by atoms with E-state index in [4.69, 9.17) is 0 Å². The van der Waals surface area contributed by atoms with Crippen LogP contribution >= 0.6 is 11.3 Å². The summed E-state index contributed by atoms with van der Waals surface area (Å²) in [5.74, 6) is 0.176. The van der Waals surface area contributed by atoms with Crippen LogP contribution in [-0.2, 0) is 27.6 Å². The highest BCUT2D eigenvalue weighted by Gasteiger charge is 2.34. The zero-order chi connectivity index (χ0) is 19.6. The molecular weight excluding hydrogens is 394 g/mol. The van der Waals surface area contributed by atoms with Crippen molar-refractivity contribution < 1.29 is 13.2 Å². The van der Waals surface area contributed by atoms with E-state index in [1.165, 1.54) is 0 Å². The van der Waals surface area contributed by atoms with Crippen molar-refractivity contribution in [2.24, 2.45) is 0 Å². The maximum atomic E-state index is 13.1. The number of aromatic nitrogens is 2. The SMILES string of the molecule is O=C(Cc1ccc(-n2cccn2)cc1)N(Cc1cccs1)[C@@H]1CCS(=O)(=O)C1. The number of rotatable bonds is 6. The molecule has 0 aliphatic carbocycles. The van der Waals surface area contributed by atoms with Crippen LogP contribution in [0.25, 0.3) is 5.69 Å². The second-order valence-electron chi connectivity index (χ2n) is 6.95. The van der Waals surface area contributed by atoms with E-state index in [-0.39, 0.29) is 29.9 Å². The Labute approximate surface area is 168 Å². The molecule has 3 heterocycles. The minimum atomic E-state index is -3.06. The van der Waals surface area contributed by atoms with Crippen molar-refractivity contribution >= 4 is 27.1 Å². The molecular formula is C20H21N3O3S2. The van der Waals surface area contributed by atoms with E-state index in [9.17, 15) is 13.2 Å². The van der Waals surface area contributed by atoms with Gasteiger partial charge in [-0.25, -0.2) is 13.1 Å². The van der Waals surface area contributed by atoms with Crippen molar-refractivity contribution in [2.45, 2.75) is 25.4 Å². The van der Waals surface area contributed by atoms with E-state index >= 15 is 0 Å². The Kier molecular flexibility index (Phi) is 5.32. The van der Waals surface area contributed by atoms with E-state index in [1.54, 1.807) is 27.1 Å². The van der Waals surface area contributed by atoms with E-state index in [0.29, 0.717) is 13.0 Å². The van der Waals surface area contributed by atoms with Crippen molar-refractivity contribution in [2.75, 3.05) is 11.5 Å². The fourth-order valence-corrected chi connectivity index (χ4v) is 5.91. The number of sulfone groups is 1. The van der Waals surface area contributed by atoms with Crippen molar-refractivity contribution in [3.8, 4) is 5.69 Å². The first-order chi connectivity index (χ1) is 13.5. The summed E-state index contributed by atoms with van der Waals surface area (Å²) < 4.78 is 25.6. The van der Waals surface area contributed by atoms with Gasteiger partial charge in [-0.1, -0.05) is 18.2 Å². The molecule has 1 aliphatic rings. The highest BCUT2D eigenvalue weighted by atomic mass is 32.2. The second kappa shape index (κ2) is 7.89. The Balaban J connectivity index is 1.50. The lowest BCUT2D eigenvalue weighted by Gasteiger charge is -2.28. The molecule has 1 aromatic carbocycles. The molecule has 3 aromatic rings. The quantitative estimate of drug-likeness (QED) is 0.621. The van der Waals surface area contributed by atoms with Crippen LogP contribution in [0.15, 0.2) is 60.2 Å². The lowest BCUT2D eigenvalue weighted by atomic mass is 10.1. The van der Waals surface area contributed by atoms with Crippen LogP contribution in [0.5, 0.6) is 0 Å². The van der Waals surface area contributed by atoms with Crippen LogP contribution in [0.4, 0.5) is 0 Å². The summed E-state index contributed by atoms with van der Waals surface area (Å²) in [4.78, 5) is 15.9. The Hall–Kier alpha value is -2.45. The number of carbonyl (C=O) groups excluding carboxylic acids is 1. The summed E-state index contributed by atoms with van der Waals surface area (Å²) in [5, 5.41) is 6.17. The largest absolute Gasteiger partial charge is 0.333 e. The predicted molar refractivity (Wildman–Crippen MR) is 109 cm³/mol. The molecule has 0 radical (unpaired) electrons. The molecule has 0 bridgehead atoms. The lowest BCUT2D eigenvalue weighted by Crippen LogP contribution is -2.41. The number of nitrogens with zero attached hydrogens (tertiary/aromatic N) is 3. The molecule has 146 valence electrons. The highest BCUT2D eigenvalue weighted by Crippen LogP contribution is 2.23. The molecule has 0 spiro atoms. The molecule has 6 nitrogen and oxygen atoms in total. The number of hydrogen-bond donors (Lipinski definition) is 0. The summed E-state index contributed by atoms with van der Waals surface area (Å²) in [6.45, 7) is 0.460. The molecule has 0 unspecified atom stereocenters. The van der Waals surface area contributed by atoms with E-state index < -0.39 is 9.84 Å². The second-order valence-corrected chi connectivity index (χ2v) is 10.2. The average Bonchev–Trinajstić information content (AvgIpc) is 3.42. The molecule has 0 N–H and O–H groups in total. The molecule has 1 saturated heterocycles. The molecule has 8 heteroatoms. The van der Waals surface area contributed by atoms with E-state index in [2.05, 4.69) is 5.10 Å². The molecule has 1 aliphatic heterocycles. The monoisotopic (exact) mass is 415 g/mol. The van der Waals surface area contributed by atoms with Crippen LogP contribution in [0, 0.1) is 0 Å². The maximum Gasteiger partial charge on any atom is 0.227 e. The van der Waals surface area contributed by atoms with Gasteiger partial charge in [0.1, 0.15) is 0 Å². The summed E-state index contributed by atoms with van der Waals surface area (Å²) in [5.41, 5.74) is 1.83. The summed E-state index contributed by atoms with van der Waals surface area (Å²) in [6.07, 6.45) is 4.35. The minimum absolute atomic E-state index is 0.0395. The number of hydrogen-bond acceptors (Lipinski definition) is 5. The normalized spacial score (nSPS) is 18.2. The van der Waals surface area contributed by atoms with Gasteiger partial charge in [0.15, 0.2) is 9.84 Å². The molecule has 1 atom stereocenters. The average molecular weight is 416 g/mol. The van der Waals surface area contributed by atoms with Gasteiger partial charge in [0, 0.05) is 23.3 Å². The van der Waals surface area contributed by atoms with Crippen LogP contribution < -0.4 is 0 Å². The molecule has 2 aromatic heterocycles. The Morgan fingerprint density at radius 1 is 1.21 bits per heavy atom. The topological polar surface area (TPSA) is 72.3 Å². The zero-order valence-electron chi connectivity index (χ0n) is 15.3. The minimum Gasteiger partial charge on any atom is -0.333 e. The number of carbonyl (C=O) groups is 1. The summed E-state index contributed by atoms with van der Waals surface area (Å²) in [6, 6.07) is 13.2. The number of amides is 1. The highest BCUT2D eigenvalue weighted by molar-refractivity contribution is 7.91. The van der Waals surface area contributed by atoms with Crippen LogP contribution in [0.1, 0.15) is 16.9 Å². The summed E-state index contributed by atoms with van der Waals surface area (Å²) in [7, 11) is -3.06. The Bertz CT molecular complexity index is 1030. The fraction of sp³-hybridized carbons (Fsp3) is 0.300. The molecule has 1 fully saturated rings. The number of benzene rings is 1. The van der Waals surface area contributed by atoms with Crippen molar-refractivity contribution in [1.29, 1.82) is 0 Å². The van der Waals surface area contributed by atoms with Gasteiger partial charge in [-0.3, -0.25) is 4.79 Å². The summed E-state index contributed by atoms with van der Waals surface area (Å²) >= 11 is 1.58. The van der Waals surface area contributed by atoms with Gasteiger partial charge in [0.25, 0.3) is 0 Å². The first kappa shape index (κ1) is 18.9. The van der Waals surface area contributed by atoms with Gasteiger partial charge in [-0.2, -0.15) is 5.10 Å². The van der Waals surface area contributed by atoms with Gasteiger partial charge >= 0.3 is 0 Å². The predicted octanol–water partition coefficient (Wildman–Crippen LogP) is 2.69. The van der Waals surface area contributed by atoms with E-state index in [1.807, 2.05) is 54.0 Å². The van der Waals surface area contributed by atoms with Gasteiger partial charge in [-0.15, -0.1) is 11.3 Å². The maximum absolute atomic E-state index is 13.1. The first-order valence-corrected chi connectivity index (χ1v) is 11.8. The smallest absolute Gasteiger partial charge is 0.227 e. The van der Waals surface area contributed by atoms with Crippen LogP contribution in [-0.4, -0.2) is 46.6 Å². The van der Waals surface area contributed by atoms with Gasteiger partial charge in [0.05, 0.1) is 30.2 Å². The first-order valence-electron chi connectivity index (χ1n) is 9.11. The number of thiophene rings is 1. The van der Waals surface area contributed by atoms with Crippen molar-refractivity contribution in [1.82, 2.24) is 14.7 Å². The fourth-order valence-electron chi connectivity index (χ4n) is 3.48. The molecule has 1 amide bonds. The lowest BCUT2D eigenvalue weighted by molar-refractivity contribution is -0.133. The van der Waals surface area contributed by atoms with Crippen molar-refractivity contribution in [3.63, 3.8) is 0 Å². The standard InChI is InChI=1S/C20H21N3O3S2/c24-20(13-16-4-6-17(7-5-16)23-10-2-9-21-23)22(14-19-3-1-11-27-19)18-8-12-28(25,26)15-18/h1-7,9-11,18H,8,12-15H2/t18-/m1/s1. The zero-order valence-corrected chi connectivity index (χ0v) is 16.9. The van der Waals surface area contributed by atoms with Gasteiger partial charge < -0.3 is 4.90 Å². The molecule has 28 heavy (non-hydrogen) atoms. The van der Waals surface area contributed by atoms with Crippen LogP contribution in [0.3, 0.4) is 0 Å². The third-order valence-corrected chi connectivity index (χ3v) is 7.55. The molecule has 0 saturated carbocycles. The third-order valence-electron chi connectivity index (χ3n) is 4.94. The Morgan fingerprint density at radius 2 is 2.04 bits per heavy atom. The van der Waals surface area contributed by atoms with Gasteiger partial charge in [-0.05, 0) is 41.6 Å². The van der Waals surface area contributed by atoms with Crippen molar-refractivity contribution in [3.05, 3.63) is 70.7 Å². The third kappa shape index (κ3) is 4.34. The Morgan fingerprint density at radius 3 is 2.64 bits per heavy atom.